The molecule has 1 aliphatic heterocycles. The smallest absolute Gasteiger partial charge is 0.106 e. The van der Waals surface area contributed by atoms with Gasteiger partial charge in [0, 0.05) is 0 Å². The van der Waals surface area contributed by atoms with E-state index in [1.807, 2.05) is 7.05 Å². The van der Waals surface area contributed by atoms with Crippen LogP contribution in [0.15, 0.2) is 0 Å². The van der Waals surface area contributed by atoms with E-state index in [0.29, 0.717) is 0 Å². The fraction of sp³-hybridized carbons (Fsp3) is 0.938. The van der Waals surface area contributed by atoms with E-state index in [1.54, 1.807) is 0 Å². The van der Waals surface area contributed by atoms with Crippen molar-refractivity contribution in [2.24, 2.45) is 11.8 Å². The van der Waals surface area contributed by atoms with Gasteiger partial charge in [-0.2, -0.15) is 5.26 Å². The predicted molar refractivity (Wildman–Crippen MR) is 80.9 cm³/mol. The Bertz CT molecular complexity index is 281. The maximum Gasteiger partial charge on any atom is 0.106 e. The van der Waals surface area contributed by atoms with Crippen LogP contribution >= 0.6 is 0 Å². The van der Waals surface area contributed by atoms with Crippen LogP contribution in [0, 0.1) is 23.2 Å². The molecule has 110 valence electrons. The lowest BCUT2D eigenvalue weighted by molar-refractivity contribution is 0.153. The SMILES string of the molecule is CCC(C#N)(CCCN1CCC(C(C)C)CC1)NC. The summed E-state index contributed by atoms with van der Waals surface area (Å²) in [4.78, 5) is 2.58. The lowest BCUT2D eigenvalue weighted by Gasteiger charge is -2.34. The molecule has 1 heterocycles. The molecule has 1 rings (SSSR count). The standard InChI is InChI=1S/C16H31N3/c1-5-16(13-17,18-4)9-6-10-19-11-7-15(8-12-19)14(2)3/h14-15,18H,5-12H2,1-4H3. The summed E-state index contributed by atoms with van der Waals surface area (Å²) in [6.45, 7) is 10.4. The summed E-state index contributed by atoms with van der Waals surface area (Å²) in [5, 5.41) is 12.5. The number of rotatable bonds is 7. The topological polar surface area (TPSA) is 39.1 Å². The van der Waals surface area contributed by atoms with Gasteiger partial charge < -0.3 is 10.2 Å². The third kappa shape index (κ3) is 4.78. The van der Waals surface area contributed by atoms with E-state index in [0.717, 1.165) is 37.6 Å². The molecule has 3 heteroatoms. The van der Waals surface area contributed by atoms with Gasteiger partial charge in [-0.1, -0.05) is 20.8 Å². The third-order valence-electron chi connectivity index (χ3n) is 4.95. The number of likely N-dealkylation sites (tertiary alicyclic amines) is 1. The Morgan fingerprint density at radius 2 is 2.00 bits per heavy atom. The Morgan fingerprint density at radius 1 is 1.37 bits per heavy atom. The van der Waals surface area contributed by atoms with Crippen molar-refractivity contribution < 1.29 is 0 Å². The van der Waals surface area contributed by atoms with Gasteiger partial charge in [0.1, 0.15) is 5.54 Å². The second-order valence-electron chi connectivity index (χ2n) is 6.32. The first-order chi connectivity index (χ1) is 9.06. The summed E-state index contributed by atoms with van der Waals surface area (Å²) in [5.74, 6) is 1.75. The van der Waals surface area contributed by atoms with Gasteiger partial charge in [0.25, 0.3) is 0 Å². The Balaban J connectivity index is 2.26. The highest BCUT2D eigenvalue weighted by Crippen LogP contribution is 2.25. The zero-order chi connectivity index (χ0) is 14.3. The molecule has 19 heavy (non-hydrogen) atoms. The van der Waals surface area contributed by atoms with Crippen LogP contribution in [-0.4, -0.2) is 37.1 Å². The van der Waals surface area contributed by atoms with Gasteiger partial charge in [-0.05, 0) is 70.6 Å². The first kappa shape index (κ1) is 16.5. The Kier molecular flexibility index (Phi) is 6.82. The molecule has 0 radical (unpaired) electrons. The fourth-order valence-corrected chi connectivity index (χ4v) is 3.12. The molecule has 0 aliphatic carbocycles. The summed E-state index contributed by atoms with van der Waals surface area (Å²) < 4.78 is 0. The lowest BCUT2D eigenvalue weighted by atomic mass is 9.86. The van der Waals surface area contributed by atoms with Gasteiger partial charge in [0.05, 0.1) is 6.07 Å². The molecular formula is C16H31N3. The molecular weight excluding hydrogens is 234 g/mol. The van der Waals surface area contributed by atoms with Crippen molar-refractivity contribution in [2.75, 3.05) is 26.7 Å². The van der Waals surface area contributed by atoms with Gasteiger partial charge in [-0.25, -0.2) is 0 Å². The molecule has 0 aromatic carbocycles. The molecule has 0 aromatic heterocycles. The molecule has 1 atom stereocenters. The van der Waals surface area contributed by atoms with E-state index < -0.39 is 0 Å². The van der Waals surface area contributed by atoms with Crippen LogP contribution in [0.5, 0.6) is 0 Å². The van der Waals surface area contributed by atoms with E-state index >= 15 is 0 Å². The molecule has 1 saturated heterocycles. The van der Waals surface area contributed by atoms with Crippen molar-refractivity contribution in [3.8, 4) is 6.07 Å². The quantitative estimate of drug-likeness (QED) is 0.769. The molecule has 1 unspecified atom stereocenters. The minimum atomic E-state index is -0.309. The van der Waals surface area contributed by atoms with E-state index in [2.05, 4.69) is 37.1 Å². The first-order valence-electron chi connectivity index (χ1n) is 7.89. The van der Waals surface area contributed by atoms with E-state index in [1.165, 1.54) is 25.9 Å². The molecule has 3 nitrogen and oxygen atoms in total. The van der Waals surface area contributed by atoms with Crippen LogP contribution in [-0.2, 0) is 0 Å². The van der Waals surface area contributed by atoms with Crippen LogP contribution in [0.3, 0.4) is 0 Å². The van der Waals surface area contributed by atoms with Gasteiger partial charge in [-0.15, -0.1) is 0 Å². The molecule has 0 amide bonds. The van der Waals surface area contributed by atoms with Crippen molar-refractivity contribution in [2.45, 2.75) is 58.4 Å². The second kappa shape index (κ2) is 7.87. The number of hydrogen-bond donors (Lipinski definition) is 1. The summed E-state index contributed by atoms with van der Waals surface area (Å²) in [6.07, 6.45) is 5.66. The zero-order valence-electron chi connectivity index (χ0n) is 13.2. The van der Waals surface area contributed by atoms with Gasteiger partial charge in [0.2, 0.25) is 0 Å². The van der Waals surface area contributed by atoms with Gasteiger partial charge >= 0.3 is 0 Å². The molecule has 1 fully saturated rings. The average molecular weight is 265 g/mol. The van der Waals surface area contributed by atoms with Crippen molar-refractivity contribution in [1.82, 2.24) is 10.2 Å². The average Bonchev–Trinajstić information content (AvgIpc) is 2.45. The van der Waals surface area contributed by atoms with Gasteiger partial charge in [0.15, 0.2) is 0 Å². The van der Waals surface area contributed by atoms with Crippen LogP contribution in [0.1, 0.15) is 52.9 Å². The highest BCUT2D eigenvalue weighted by Gasteiger charge is 2.26. The summed E-state index contributed by atoms with van der Waals surface area (Å²) in [5.41, 5.74) is -0.309. The number of nitrogens with zero attached hydrogens (tertiary/aromatic N) is 2. The number of nitrogens with one attached hydrogen (secondary N) is 1. The summed E-state index contributed by atoms with van der Waals surface area (Å²) in [6, 6.07) is 2.45. The van der Waals surface area contributed by atoms with Crippen LogP contribution in [0.2, 0.25) is 0 Å². The predicted octanol–water partition coefficient (Wildman–Crippen LogP) is 3.03. The van der Waals surface area contributed by atoms with Crippen molar-refractivity contribution in [1.29, 1.82) is 5.26 Å². The Labute approximate surface area is 119 Å². The molecule has 0 saturated carbocycles. The monoisotopic (exact) mass is 265 g/mol. The summed E-state index contributed by atoms with van der Waals surface area (Å²) >= 11 is 0. The van der Waals surface area contributed by atoms with Gasteiger partial charge in [-0.3, -0.25) is 0 Å². The highest BCUT2D eigenvalue weighted by molar-refractivity contribution is 5.05. The first-order valence-corrected chi connectivity index (χ1v) is 7.89. The van der Waals surface area contributed by atoms with Crippen molar-refractivity contribution in [3.05, 3.63) is 0 Å². The molecule has 1 aliphatic rings. The minimum absolute atomic E-state index is 0.309. The number of nitriles is 1. The molecule has 1 N–H and O–H groups in total. The second-order valence-corrected chi connectivity index (χ2v) is 6.32. The lowest BCUT2D eigenvalue weighted by Crippen LogP contribution is -2.42. The minimum Gasteiger partial charge on any atom is -0.303 e. The number of hydrogen-bond acceptors (Lipinski definition) is 3. The van der Waals surface area contributed by atoms with Crippen molar-refractivity contribution >= 4 is 0 Å². The van der Waals surface area contributed by atoms with Crippen molar-refractivity contribution in [3.63, 3.8) is 0 Å². The van der Waals surface area contributed by atoms with Crippen LogP contribution in [0.4, 0.5) is 0 Å². The Hall–Kier alpha value is -0.590. The van der Waals surface area contributed by atoms with E-state index in [9.17, 15) is 5.26 Å². The molecule has 0 spiro atoms. The van der Waals surface area contributed by atoms with E-state index in [-0.39, 0.29) is 5.54 Å². The molecule has 0 bridgehead atoms. The largest absolute Gasteiger partial charge is 0.303 e. The third-order valence-corrected chi connectivity index (χ3v) is 4.95. The van der Waals surface area contributed by atoms with Crippen LogP contribution in [0.25, 0.3) is 0 Å². The maximum absolute atomic E-state index is 9.28. The maximum atomic E-state index is 9.28. The summed E-state index contributed by atoms with van der Waals surface area (Å²) in [7, 11) is 1.90. The van der Waals surface area contributed by atoms with Crippen LogP contribution < -0.4 is 5.32 Å². The fourth-order valence-electron chi connectivity index (χ4n) is 3.12. The zero-order valence-corrected chi connectivity index (χ0v) is 13.2. The highest BCUT2D eigenvalue weighted by atomic mass is 15.1. The Morgan fingerprint density at radius 3 is 2.42 bits per heavy atom. The normalized spacial score (nSPS) is 21.3. The van der Waals surface area contributed by atoms with E-state index in [4.69, 9.17) is 0 Å². The number of piperidine rings is 1. The molecule has 0 aromatic rings.